The van der Waals surface area contributed by atoms with Crippen molar-refractivity contribution < 1.29 is 28.9 Å². The molecule has 170 valence electrons. The molecule has 0 radical (unpaired) electrons. The van der Waals surface area contributed by atoms with Crippen LogP contribution in [0.15, 0.2) is 48.0 Å². The van der Waals surface area contributed by atoms with Crippen molar-refractivity contribution in [3.8, 4) is 17.2 Å². The average molecular weight is 440 g/mol. The highest BCUT2D eigenvalue weighted by Crippen LogP contribution is 2.41. The molecule has 1 amide bonds. The van der Waals surface area contributed by atoms with Crippen molar-refractivity contribution in [2.24, 2.45) is 0 Å². The number of benzene rings is 2. The first-order valence-corrected chi connectivity index (χ1v) is 10.1. The van der Waals surface area contributed by atoms with E-state index >= 15 is 0 Å². The Labute approximate surface area is 187 Å². The van der Waals surface area contributed by atoms with Crippen LogP contribution in [0.1, 0.15) is 17.2 Å². The number of hydrogen-bond donors (Lipinski definition) is 1. The molecule has 1 atom stereocenters. The zero-order valence-electron chi connectivity index (χ0n) is 18.9. The van der Waals surface area contributed by atoms with E-state index in [1.807, 2.05) is 19.0 Å². The minimum Gasteiger partial charge on any atom is -0.507 e. The second kappa shape index (κ2) is 9.74. The van der Waals surface area contributed by atoms with Crippen molar-refractivity contribution in [2.75, 3.05) is 48.5 Å². The van der Waals surface area contributed by atoms with Crippen molar-refractivity contribution in [1.82, 2.24) is 9.80 Å². The van der Waals surface area contributed by atoms with E-state index in [4.69, 9.17) is 14.2 Å². The van der Waals surface area contributed by atoms with Gasteiger partial charge < -0.3 is 29.1 Å². The fourth-order valence-corrected chi connectivity index (χ4v) is 3.69. The van der Waals surface area contributed by atoms with Crippen LogP contribution in [0.4, 0.5) is 0 Å². The van der Waals surface area contributed by atoms with E-state index < -0.39 is 17.7 Å². The highest BCUT2D eigenvalue weighted by Gasteiger charge is 2.46. The molecule has 0 spiro atoms. The van der Waals surface area contributed by atoms with Gasteiger partial charge in [-0.1, -0.05) is 6.07 Å². The SMILES string of the molecule is COc1ccc(C(O)=C2C(=O)C(=O)N(CCN(C)C)[C@H]2c2ccc(OC)c(OC)c2)cc1. The molecule has 2 aromatic carbocycles. The summed E-state index contributed by atoms with van der Waals surface area (Å²) in [6, 6.07) is 11.1. The number of carbonyl (C=O) groups is 2. The topological polar surface area (TPSA) is 88.5 Å². The Morgan fingerprint density at radius 2 is 1.62 bits per heavy atom. The molecule has 8 heteroatoms. The van der Waals surface area contributed by atoms with Crippen LogP contribution < -0.4 is 14.2 Å². The van der Waals surface area contributed by atoms with Gasteiger partial charge in [0.15, 0.2) is 11.5 Å². The molecular formula is C24H28N2O6. The Kier molecular flexibility index (Phi) is 7.05. The predicted octanol–water partition coefficient (Wildman–Crippen LogP) is 2.70. The van der Waals surface area contributed by atoms with Crippen LogP contribution in [-0.2, 0) is 9.59 Å². The molecule has 1 fully saturated rings. The van der Waals surface area contributed by atoms with Gasteiger partial charge in [0.1, 0.15) is 11.5 Å². The quantitative estimate of drug-likeness (QED) is 0.384. The van der Waals surface area contributed by atoms with E-state index in [0.717, 1.165) is 0 Å². The molecule has 0 bridgehead atoms. The zero-order valence-corrected chi connectivity index (χ0v) is 18.9. The first-order valence-electron chi connectivity index (χ1n) is 10.1. The van der Waals surface area contributed by atoms with Gasteiger partial charge in [-0.05, 0) is 56.1 Å². The van der Waals surface area contributed by atoms with Gasteiger partial charge >= 0.3 is 0 Å². The Morgan fingerprint density at radius 1 is 0.969 bits per heavy atom. The maximum Gasteiger partial charge on any atom is 0.295 e. The Bertz CT molecular complexity index is 1030. The zero-order chi connectivity index (χ0) is 23.4. The normalized spacial score (nSPS) is 17.7. The molecule has 2 aromatic rings. The molecule has 1 aliphatic heterocycles. The molecule has 1 N–H and O–H groups in total. The summed E-state index contributed by atoms with van der Waals surface area (Å²) >= 11 is 0. The molecule has 1 heterocycles. The third-order valence-electron chi connectivity index (χ3n) is 5.41. The number of likely N-dealkylation sites (tertiary alicyclic amines) is 1. The lowest BCUT2D eigenvalue weighted by atomic mass is 9.95. The van der Waals surface area contributed by atoms with E-state index in [-0.39, 0.29) is 11.3 Å². The van der Waals surface area contributed by atoms with Gasteiger partial charge in [0.25, 0.3) is 11.7 Å². The van der Waals surface area contributed by atoms with Gasteiger partial charge in [0.05, 0.1) is 32.9 Å². The number of aliphatic hydroxyl groups excluding tert-OH is 1. The maximum atomic E-state index is 13.1. The van der Waals surface area contributed by atoms with Crippen molar-refractivity contribution in [3.05, 3.63) is 59.2 Å². The number of carbonyl (C=O) groups excluding carboxylic acids is 2. The number of Topliss-reactive ketones (excluding diaryl/α,β-unsaturated/α-hetero) is 1. The Hall–Kier alpha value is -3.52. The first-order chi connectivity index (χ1) is 15.3. The van der Waals surface area contributed by atoms with Gasteiger partial charge in [-0.25, -0.2) is 0 Å². The van der Waals surface area contributed by atoms with Crippen molar-refractivity contribution >= 4 is 17.4 Å². The lowest BCUT2D eigenvalue weighted by molar-refractivity contribution is -0.140. The van der Waals surface area contributed by atoms with Gasteiger partial charge in [-0.15, -0.1) is 0 Å². The number of ether oxygens (including phenoxy) is 3. The minimum atomic E-state index is -0.767. The number of hydrogen-bond acceptors (Lipinski definition) is 7. The molecule has 0 saturated carbocycles. The number of ketones is 1. The van der Waals surface area contributed by atoms with Crippen LogP contribution in [0.25, 0.3) is 5.76 Å². The first kappa shape index (κ1) is 23.1. The van der Waals surface area contributed by atoms with Crippen molar-refractivity contribution in [2.45, 2.75) is 6.04 Å². The smallest absolute Gasteiger partial charge is 0.295 e. The minimum absolute atomic E-state index is 0.0335. The van der Waals surface area contributed by atoms with Crippen LogP contribution in [0.2, 0.25) is 0 Å². The summed E-state index contributed by atoms with van der Waals surface area (Å²) in [5, 5.41) is 11.1. The van der Waals surface area contributed by atoms with Crippen LogP contribution in [-0.4, -0.2) is 75.1 Å². The van der Waals surface area contributed by atoms with E-state index in [0.29, 0.717) is 41.5 Å². The number of methoxy groups -OCH3 is 3. The summed E-state index contributed by atoms with van der Waals surface area (Å²) in [7, 11) is 8.37. The lowest BCUT2D eigenvalue weighted by Gasteiger charge is -2.27. The highest BCUT2D eigenvalue weighted by molar-refractivity contribution is 6.46. The average Bonchev–Trinajstić information content (AvgIpc) is 3.06. The standard InChI is InChI=1S/C24H28N2O6/c1-25(2)12-13-26-21(16-8-11-18(31-4)19(14-16)32-5)20(23(28)24(26)29)22(27)15-6-9-17(30-3)10-7-15/h6-11,14,21,27H,12-13H2,1-5H3/t21-/m0/s1. The molecular weight excluding hydrogens is 412 g/mol. The van der Waals surface area contributed by atoms with Gasteiger partial charge in [-0.3, -0.25) is 9.59 Å². The van der Waals surface area contributed by atoms with E-state index in [9.17, 15) is 14.7 Å². The van der Waals surface area contributed by atoms with Gasteiger partial charge in [0, 0.05) is 18.7 Å². The predicted molar refractivity (Wildman–Crippen MR) is 120 cm³/mol. The second-order valence-corrected chi connectivity index (χ2v) is 7.64. The number of nitrogens with zero attached hydrogens (tertiary/aromatic N) is 2. The van der Waals surface area contributed by atoms with Gasteiger partial charge in [0.2, 0.25) is 0 Å². The highest BCUT2D eigenvalue weighted by atomic mass is 16.5. The summed E-state index contributed by atoms with van der Waals surface area (Å²) < 4.78 is 15.9. The third-order valence-corrected chi connectivity index (χ3v) is 5.41. The van der Waals surface area contributed by atoms with Crippen LogP contribution in [0.5, 0.6) is 17.2 Å². The maximum absolute atomic E-state index is 13.1. The van der Waals surface area contributed by atoms with Crippen molar-refractivity contribution in [1.29, 1.82) is 0 Å². The fourth-order valence-electron chi connectivity index (χ4n) is 3.69. The second-order valence-electron chi connectivity index (χ2n) is 7.64. The number of rotatable bonds is 8. The largest absolute Gasteiger partial charge is 0.507 e. The Balaban J connectivity index is 2.16. The molecule has 0 aliphatic carbocycles. The lowest BCUT2D eigenvalue weighted by Crippen LogP contribution is -2.35. The third kappa shape index (κ3) is 4.40. The molecule has 0 unspecified atom stereocenters. The number of likely N-dealkylation sites (N-methyl/N-ethyl adjacent to an activating group) is 1. The van der Waals surface area contributed by atoms with E-state index in [1.54, 1.807) is 49.6 Å². The van der Waals surface area contributed by atoms with Gasteiger partial charge in [-0.2, -0.15) is 0 Å². The number of aliphatic hydroxyl groups is 1. The van der Waals surface area contributed by atoms with E-state index in [1.165, 1.54) is 19.1 Å². The van der Waals surface area contributed by atoms with Crippen LogP contribution >= 0.6 is 0 Å². The summed E-state index contributed by atoms with van der Waals surface area (Å²) in [5.74, 6) is -0.00888. The van der Waals surface area contributed by atoms with E-state index in [2.05, 4.69) is 0 Å². The van der Waals surface area contributed by atoms with Crippen LogP contribution in [0.3, 0.4) is 0 Å². The fraction of sp³-hybridized carbons (Fsp3) is 0.333. The Morgan fingerprint density at radius 3 is 2.19 bits per heavy atom. The van der Waals surface area contributed by atoms with Crippen LogP contribution in [0, 0.1) is 0 Å². The molecule has 8 nitrogen and oxygen atoms in total. The summed E-state index contributed by atoms with van der Waals surface area (Å²) in [4.78, 5) is 29.4. The molecule has 0 aromatic heterocycles. The molecule has 3 rings (SSSR count). The summed E-state index contributed by atoms with van der Waals surface area (Å²) in [6.07, 6.45) is 0. The summed E-state index contributed by atoms with van der Waals surface area (Å²) in [5.41, 5.74) is 1.09. The molecule has 32 heavy (non-hydrogen) atoms. The molecule has 1 saturated heterocycles. The van der Waals surface area contributed by atoms with Crippen molar-refractivity contribution in [3.63, 3.8) is 0 Å². The number of amides is 1. The molecule has 1 aliphatic rings. The summed E-state index contributed by atoms with van der Waals surface area (Å²) in [6.45, 7) is 0.870. The monoisotopic (exact) mass is 440 g/mol.